The molecule has 0 spiro atoms. The van der Waals surface area contributed by atoms with Crippen molar-refractivity contribution in [2.45, 2.75) is 58.3 Å². The summed E-state index contributed by atoms with van der Waals surface area (Å²) in [6.07, 6.45) is 5.40. The molecule has 0 aromatic heterocycles. The van der Waals surface area contributed by atoms with Gasteiger partial charge in [0.1, 0.15) is 11.5 Å². The first-order chi connectivity index (χ1) is 11.1. The molecule has 0 atom stereocenters. The monoisotopic (exact) mass is 308 g/mol. The fraction of sp³-hybridized carbons (Fsp3) is 0.455. The third kappa shape index (κ3) is 4.16. The van der Waals surface area contributed by atoms with Gasteiger partial charge in [0.05, 0.1) is 0 Å². The smallest absolute Gasteiger partial charge is 0.127 e. The Bertz CT molecular complexity index is 601. The minimum Gasteiger partial charge on any atom is -0.457 e. The maximum Gasteiger partial charge on any atom is 0.127 e. The van der Waals surface area contributed by atoms with Crippen LogP contribution in [0.5, 0.6) is 11.5 Å². The predicted octanol–water partition coefficient (Wildman–Crippen LogP) is 6.90. The van der Waals surface area contributed by atoms with E-state index in [2.05, 4.69) is 69.3 Å². The van der Waals surface area contributed by atoms with Gasteiger partial charge in [-0.05, 0) is 66.0 Å². The second-order valence-corrected chi connectivity index (χ2v) is 7.35. The van der Waals surface area contributed by atoms with Crippen molar-refractivity contribution >= 4 is 0 Å². The normalized spacial score (nSPS) is 21.4. The van der Waals surface area contributed by atoms with Crippen molar-refractivity contribution in [3.8, 4) is 11.5 Å². The van der Waals surface area contributed by atoms with Gasteiger partial charge < -0.3 is 4.74 Å². The van der Waals surface area contributed by atoms with Gasteiger partial charge in [-0.2, -0.15) is 0 Å². The number of rotatable bonds is 4. The largest absolute Gasteiger partial charge is 0.457 e. The molecule has 3 rings (SSSR count). The van der Waals surface area contributed by atoms with Crippen LogP contribution in [0.1, 0.15) is 69.4 Å². The van der Waals surface area contributed by atoms with Gasteiger partial charge in [-0.25, -0.2) is 0 Å². The van der Waals surface area contributed by atoms with Gasteiger partial charge in [0.2, 0.25) is 0 Å². The van der Waals surface area contributed by atoms with E-state index in [4.69, 9.17) is 4.74 Å². The number of benzene rings is 2. The molecule has 1 aliphatic rings. The molecule has 2 aromatic carbocycles. The van der Waals surface area contributed by atoms with E-state index in [1.165, 1.54) is 36.8 Å². The summed E-state index contributed by atoms with van der Waals surface area (Å²) >= 11 is 0. The van der Waals surface area contributed by atoms with E-state index >= 15 is 0 Å². The minimum atomic E-state index is 0.557. The second kappa shape index (κ2) is 7.21. The van der Waals surface area contributed by atoms with Gasteiger partial charge in [-0.15, -0.1) is 0 Å². The zero-order valence-electron chi connectivity index (χ0n) is 14.6. The van der Waals surface area contributed by atoms with Crippen LogP contribution in [-0.4, -0.2) is 0 Å². The first-order valence-corrected chi connectivity index (χ1v) is 8.99. The van der Waals surface area contributed by atoms with E-state index in [0.29, 0.717) is 5.92 Å². The van der Waals surface area contributed by atoms with Crippen molar-refractivity contribution in [2.75, 3.05) is 0 Å². The van der Waals surface area contributed by atoms with Crippen LogP contribution in [-0.2, 0) is 0 Å². The first-order valence-electron chi connectivity index (χ1n) is 8.99. The molecule has 2 aromatic rings. The van der Waals surface area contributed by atoms with E-state index in [0.717, 1.165) is 23.3 Å². The van der Waals surface area contributed by atoms with E-state index in [1.807, 2.05) is 0 Å². The van der Waals surface area contributed by atoms with Crippen molar-refractivity contribution in [1.29, 1.82) is 0 Å². The second-order valence-electron chi connectivity index (χ2n) is 7.35. The summed E-state index contributed by atoms with van der Waals surface area (Å²) in [5, 5.41) is 0. The molecule has 0 radical (unpaired) electrons. The van der Waals surface area contributed by atoms with Gasteiger partial charge in [-0.1, -0.05) is 57.9 Å². The van der Waals surface area contributed by atoms with Gasteiger partial charge in [0.15, 0.2) is 0 Å². The van der Waals surface area contributed by atoms with Crippen LogP contribution in [0.4, 0.5) is 0 Å². The molecule has 1 aliphatic carbocycles. The summed E-state index contributed by atoms with van der Waals surface area (Å²) in [6, 6.07) is 17.1. The van der Waals surface area contributed by atoms with Crippen molar-refractivity contribution in [3.05, 3.63) is 59.7 Å². The number of ether oxygens (including phenoxy) is 1. The Hall–Kier alpha value is -1.76. The van der Waals surface area contributed by atoms with E-state index in [-0.39, 0.29) is 0 Å². The third-order valence-electron chi connectivity index (χ3n) is 5.15. The van der Waals surface area contributed by atoms with E-state index in [1.54, 1.807) is 0 Å². The van der Waals surface area contributed by atoms with Crippen LogP contribution in [0, 0.1) is 5.92 Å². The lowest BCUT2D eigenvalue weighted by molar-refractivity contribution is 0.348. The SMILES string of the molecule is CC1CCC(c2ccc(Oc3ccc(C(C)C)cc3)cc2)CC1. The summed E-state index contributed by atoms with van der Waals surface area (Å²) in [7, 11) is 0. The summed E-state index contributed by atoms with van der Waals surface area (Å²) in [6.45, 7) is 6.79. The third-order valence-corrected chi connectivity index (χ3v) is 5.15. The summed E-state index contributed by atoms with van der Waals surface area (Å²) in [5.74, 6) is 4.04. The molecule has 0 amide bonds. The fourth-order valence-electron chi connectivity index (χ4n) is 3.46. The molecule has 122 valence electrons. The van der Waals surface area contributed by atoms with Gasteiger partial charge >= 0.3 is 0 Å². The molecule has 1 nitrogen and oxygen atoms in total. The highest BCUT2D eigenvalue weighted by Gasteiger charge is 2.19. The van der Waals surface area contributed by atoms with Crippen LogP contribution in [0.3, 0.4) is 0 Å². The molecular formula is C22H28O. The predicted molar refractivity (Wildman–Crippen MR) is 97.4 cm³/mol. The molecule has 1 heteroatoms. The zero-order valence-corrected chi connectivity index (χ0v) is 14.6. The first kappa shape index (κ1) is 16.1. The van der Waals surface area contributed by atoms with Crippen molar-refractivity contribution in [1.82, 2.24) is 0 Å². The maximum atomic E-state index is 5.97. The van der Waals surface area contributed by atoms with Crippen LogP contribution in [0.15, 0.2) is 48.5 Å². The van der Waals surface area contributed by atoms with Crippen molar-refractivity contribution < 1.29 is 4.74 Å². The van der Waals surface area contributed by atoms with Crippen LogP contribution >= 0.6 is 0 Å². The Labute approximate surface area is 140 Å². The molecule has 0 bridgehead atoms. The quantitative estimate of drug-likeness (QED) is 0.597. The topological polar surface area (TPSA) is 9.23 Å². The molecule has 0 N–H and O–H groups in total. The molecular weight excluding hydrogens is 280 g/mol. The Morgan fingerprint density at radius 2 is 1.30 bits per heavy atom. The van der Waals surface area contributed by atoms with E-state index in [9.17, 15) is 0 Å². The molecule has 23 heavy (non-hydrogen) atoms. The van der Waals surface area contributed by atoms with Gasteiger partial charge in [-0.3, -0.25) is 0 Å². The Balaban J connectivity index is 1.63. The molecule has 1 fully saturated rings. The molecule has 0 aliphatic heterocycles. The number of hydrogen-bond donors (Lipinski definition) is 0. The highest BCUT2D eigenvalue weighted by atomic mass is 16.5. The Morgan fingerprint density at radius 3 is 1.83 bits per heavy atom. The van der Waals surface area contributed by atoms with Crippen molar-refractivity contribution in [3.63, 3.8) is 0 Å². The average molecular weight is 308 g/mol. The Morgan fingerprint density at radius 1 is 0.783 bits per heavy atom. The summed E-state index contributed by atoms with van der Waals surface area (Å²) in [5.41, 5.74) is 2.82. The zero-order chi connectivity index (χ0) is 16.2. The highest BCUT2D eigenvalue weighted by molar-refractivity contribution is 5.36. The molecule has 0 heterocycles. The summed E-state index contributed by atoms with van der Waals surface area (Å²) < 4.78 is 5.97. The molecule has 0 unspecified atom stereocenters. The van der Waals surface area contributed by atoms with Gasteiger partial charge in [0, 0.05) is 0 Å². The number of hydrogen-bond acceptors (Lipinski definition) is 1. The lowest BCUT2D eigenvalue weighted by Gasteiger charge is -2.26. The standard InChI is InChI=1S/C22H28O/c1-16(2)18-8-12-21(13-9-18)23-22-14-10-20(11-15-22)19-6-4-17(3)5-7-19/h8-17,19H,4-7H2,1-3H3. The minimum absolute atomic E-state index is 0.557. The van der Waals surface area contributed by atoms with Crippen molar-refractivity contribution in [2.24, 2.45) is 5.92 Å². The van der Waals surface area contributed by atoms with Crippen LogP contribution in [0.2, 0.25) is 0 Å². The average Bonchev–Trinajstić information content (AvgIpc) is 2.57. The summed E-state index contributed by atoms with van der Waals surface area (Å²) in [4.78, 5) is 0. The molecule has 1 saturated carbocycles. The lowest BCUT2D eigenvalue weighted by atomic mass is 9.79. The molecule has 0 saturated heterocycles. The Kier molecular flexibility index (Phi) is 5.05. The van der Waals surface area contributed by atoms with E-state index < -0.39 is 0 Å². The van der Waals surface area contributed by atoms with Gasteiger partial charge in [0.25, 0.3) is 0 Å². The van der Waals surface area contributed by atoms with Crippen LogP contribution in [0.25, 0.3) is 0 Å². The lowest BCUT2D eigenvalue weighted by Crippen LogP contribution is -2.10. The van der Waals surface area contributed by atoms with Crippen LogP contribution < -0.4 is 4.74 Å². The fourth-order valence-corrected chi connectivity index (χ4v) is 3.46. The maximum absolute atomic E-state index is 5.97. The highest BCUT2D eigenvalue weighted by Crippen LogP contribution is 2.36.